The fraction of sp³-hybridized carbons (Fsp3) is 0.689. The largest absolute Gasteiger partial charge is 0.456 e. The first-order valence-electron chi connectivity index (χ1n) is 21.1. The molecule has 3 N–H and O–H groups in total. The van der Waals surface area contributed by atoms with Crippen molar-refractivity contribution in [2.45, 2.75) is 147 Å². The number of rotatable bonds is 11. The van der Waals surface area contributed by atoms with E-state index in [9.17, 15) is 34.2 Å². The predicted octanol–water partition coefficient (Wildman–Crippen LogP) is 4.05. The molecule has 1 aromatic carbocycles. The lowest BCUT2D eigenvalue weighted by atomic mass is 9.31. The summed E-state index contributed by atoms with van der Waals surface area (Å²) in [5.41, 5.74) is -9.78. The molecule has 17 nitrogen and oxygen atoms in total. The van der Waals surface area contributed by atoms with Gasteiger partial charge in [0.25, 0.3) is 0 Å². The van der Waals surface area contributed by atoms with E-state index in [-0.39, 0.29) is 48.5 Å². The lowest BCUT2D eigenvalue weighted by molar-refractivity contribution is -0.404. The zero-order chi connectivity index (χ0) is 46.1. The lowest BCUT2D eigenvalue weighted by Crippen LogP contribution is -2.91. The second kappa shape index (κ2) is 16.2. The Hall–Kier alpha value is -4.58. The molecule has 0 unspecified atom stereocenters. The highest BCUT2D eigenvalue weighted by Crippen LogP contribution is 2.77. The lowest BCUT2D eigenvalue weighted by Gasteiger charge is -2.78. The van der Waals surface area contributed by atoms with Crippen molar-refractivity contribution in [2.24, 2.45) is 22.7 Å². The standard InChI is InChI=1S/C45H62N2O15/c1-23(2)18-27(46-38(53)62-40(5,6)7)32(49)36(52)58-28-20-45(55)41(8)21-44(45,61-35(51)26-16-14-13-15-17-26)37-42(9,29(56-12)19-30-43(37,22-57-30)60-25(4)48)34(50)33(31(41)24(28)3)59-39(54)47(10)11/h13-17,23,27-30,32-33,37,49,55H,18-22H2,1-12H3,(H,46,53)/t27-,28-,29-,30+,32+,33+,37-,41-,42-,43-,44+,45-/m0/s1. The number of methoxy groups -OCH3 is 1. The molecule has 0 radical (unpaired) electrons. The quantitative estimate of drug-likeness (QED) is 0.162. The Labute approximate surface area is 362 Å². The molecular formula is C45H62N2O15. The van der Waals surface area contributed by atoms with Gasteiger partial charge < -0.3 is 53.6 Å². The van der Waals surface area contributed by atoms with Gasteiger partial charge in [0.15, 0.2) is 29.2 Å². The van der Waals surface area contributed by atoms with Crippen LogP contribution in [0.1, 0.15) is 98.4 Å². The third kappa shape index (κ3) is 7.35. The van der Waals surface area contributed by atoms with Crippen molar-refractivity contribution in [3.8, 4) is 0 Å². The van der Waals surface area contributed by atoms with Gasteiger partial charge in [-0.3, -0.25) is 9.59 Å². The van der Waals surface area contributed by atoms with Crippen molar-refractivity contribution in [1.82, 2.24) is 10.2 Å². The second-order valence-electron chi connectivity index (χ2n) is 19.6. The highest BCUT2D eigenvalue weighted by molar-refractivity contribution is 5.96. The monoisotopic (exact) mass is 870 g/mol. The van der Waals surface area contributed by atoms with Crippen LogP contribution < -0.4 is 5.32 Å². The average molecular weight is 871 g/mol. The van der Waals surface area contributed by atoms with Crippen LogP contribution in [0.5, 0.6) is 0 Å². The average Bonchev–Trinajstić information content (AvgIpc) is 3.16. The van der Waals surface area contributed by atoms with E-state index in [1.807, 2.05) is 13.8 Å². The molecule has 17 heteroatoms. The first-order valence-corrected chi connectivity index (χ1v) is 21.1. The third-order valence-corrected chi connectivity index (χ3v) is 13.7. The summed E-state index contributed by atoms with van der Waals surface area (Å²) in [5, 5.41) is 28.0. The molecule has 0 spiro atoms. The number of alkyl carbamates (subject to hydrolysis) is 1. The van der Waals surface area contributed by atoms with Crippen LogP contribution in [0.2, 0.25) is 0 Å². The first kappa shape index (κ1) is 46.9. The van der Waals surface area contributed by atoms with Gasteiger partial charge >= 0.3 is 30.1 Å². The third-order valence-electron chi connectivity index (χ3n) is 13.7. The number of carbonyl (C=O) groups is 6. The number of amides is 2. The highest BCUT2D eigenvalue weighted by Gasteiger charge is 2.89. The Morgan fingerprint density at radius 1 is 1.03 bits per heavy atom. The van der Waals surface area contributed by atoms with Gasteiger partial charge in [-0.05, 0) is 70.2 Å². The van der Waals surface area contributed by atoms with Crippen LogP contribution in [0.3, 0.4) is 0 Å². The summed E-state index contributed by atoms with van der Waals surface area (Å²) in [6.07, 6.45) is -9.22. The maximum atomic E-state index is 15.9. The summed E-state index contributed by atoms with van der Waals surface area (Å²) in [5.74, 6) is -4.98. The van der Waals surface area contributed by atoms with Crippen molar-refractivity contribution >= 4 is 35.9 Å². The summed E-state index contributed by atoms with van der Waals surface area (Å²) >= 11 is 0. The van der Waals surface area contributed by atoms with Crippen LogP contribution in [0, 0.1) is 22.7 Å². The van der Waals surface area contributed by atoms with Crippen LogP contribution in [-0.2, 0) is 47.5 Å². The van der Waals surface area contributed by atoms with E-state index in [0.29, 0.717) is 0 Å². The zero-order valence-corrected chi connectivity index (χ0v) is 37.7. The number of ether oxygens (including phenoxy) is 7. The number of Topliss-reactive ketones (excluding diaryl/α,β-unsaturated/α-hetero) is 1. The van der Waals surface area contributed by atoms with Crippen molar-refractivity contribution in [1.29, 1.82) is 0 Å². The molecule has 12 atom stereocenters. The molecule has 1 heterocycles. The Morgan fingerprint density at radius 2 is 1.68 bits per heavy atom. The summed E-state index contributed by atoms with van der Waals surface area (Å²) in [4.78, 5) is 85.4. The molecule has 1 aliphatic heterocycles. The minimum absolute atomic E-state index is 0.0420. The second-order valence-corrected chi connectivity index (χ2v) is 19.6. The van der Waals surface area contributed by atoms with Gasteiger partial charge in [0.05, 0.1) is 35.6 Å². The number of hydrogen-bond donors (Lipinski definition) is 3. The van der Waals surface area contributed by atoms with E-state index >= 15 is 4.79 Å². The van der Waals surface area contributed by atoms with Gasteiger partial charge in [-0.2, -0.15) is 0 Å². The number of nitrogens with zero attached hydrogens (tertiary/aromatic N) is 1. The number of esters is 3. The molecule has 4 bridgehead atoms. The van der Waals surface area contributed by atoms with Crippen molar-refractivity contribution in [3.05, 3.63) is 47.0 Å². The van der Waals surface area contributed by atoms with E-state index < -0.39 is 118 Å². The van der Waals surface area contributed by atoms with Crippen LogP contribution in [0.15, 0.2) is 41.5 Å². The van der Waals surface area contributed by atoms with Crippen molar-refractivity contribution in [3.63, 3.8) is 0 Å². The molecule has 2 amide bonds. The van der Waals surface area contributed by atoms with E-state index in [2.05, 4.69) is 5.32 Å². The van der Waals surface area contributed by atoms with Gasteiger partial charge in [0.1, 0.15) is 23.4 Å². The van der Waals surface area contributed by atoms with Gasteiger partial charge in [-0.1, -0.05) is 39.0 Å². The van der Waals surface area contributed by atoms with E-state index in [1.165, 1.54) is 40.3 Å². The van der Waals surface area contributed by atoms with E-state index in [4.69, 9.17) is 33.2 Å². The summed E-state index contributed by atoms with van der Waals surface area (Å²) in [6.45, 7) is 14.5. The molecule has 0 aromatic heterocycles. The Kier molecular flexibility index (Phi) is 12.3. The molecule has 6 aliphatic rings. The first-order chi connectivity index (χ1) is 28.7. The van der Waals surface area contributed by atoms with Crippen molar-refractivity contribution in [2.75, 3.05) is 27.8 Å². The minimum Gasteiger partial charge on any atom is -0.456 e. The number of aliphatic hydroxyl groups is 2. The number of carbonyl (C=O) groups excluding carboxylic acids is 6. The summed E-state index contributed by atoms with van der Waals surface area (Å²) in [7, 11) is 4.27. The molecule has 5 aliphatic carbocycles. The van der Waals surface area contributed by atoms with Crippen LogP contribution in [0.25, 0.3) is 0 Å². The number of aliphatic hydroxyl groups excluding tert-OH is 1. The van der Waals surface area contributed by atoms with Crippen LogP contribution in [-0.4, -0.2) is 138 Å². The molecule has 1 aromatic rings. The van der Waals surface area contributed by atoms with Gasteiger partial charge in [-0.15, -0.1) is 0 Å². The van der Waals surface area contributed by atoms with Crippen LogP contribution in [0.4, 0.5) is 9.59 Å². The maximum absolute atomic E-state index is 15.9. The predicted molar refractivity (Wildman–Crippen MR) is 218 cm³/mol. The van der Waals surface area contributed by atoms with E-state index in [1.54, 1.807) is 59.7 Å². The molecule has 5 fully saturated rings. The fourth-order valence-corrected chi connectivity index (χ4v) is 11.2. The maximum Gasteiger partial charge on any atom is 0.410 e. The normalized spacial score (nSPS) is 35.5. The number of nitrogens with one attached hydrogen (secondary N) is 1. The molecule has 342 valence electrons. The number of benzene rings is 1. The summed E-state index contributed by atoms with van der Waals surface area (Å²) < 4.78 is 42.7. The van der Waals surface area contributed by atoms with Crippen LogP contribution >= 0.6 is 0 Å². The SMILES string of the molecule is CO[C@H]1C[C@H]2OC[C@@]2(OC(C)=O)[C@@H]2[C@]1(C)C(=O)[C@H](OC(=O)N(C)C)C1=C(C)[C@@H](OC(=O)[C@H](O)[C@H](CC(C)C)NC(=O)OC(C)(C)C)C[C@]3(O)[C@@]1(C)C[C@@]23OC(=O)c1ccccc1. The molecule has 62 heavy (non-hydrogen) atoms. The molecule has 7 rings (SSSR count). The van der Waals surface area contributed by atoms with Gasteiger partial charge in [0.2, 0.25) is 0 Å². The molecule has 4 saturated carbocycles. The molecular weight excluding hydrogens is 808 g/mol. The number of hydrogen-bond acceptors (Lipinski definition) is 15. The van der Waals surface area contributed by atoms with E-state index in [0.717, 1.165) is 4.90 Å². The number of ketones is 1. The Bertz CT molecular complexity index is 2010. The van der Waals surface area contributed by atoms with Gasteiger partial charge in [0, 0.05) is 52.8 Å². The Balaban J connectivity index is 1.57. The highest BCUT2D eigenvalue weighted by atomic mass is 16.6. The van der Waals surface area contributed by atoms with Gasteiger partial charge in [-0.25, -0.2) is 19.2 Å². The Morgan fingerprint density at radius 3 is 2.21 bits per heavy atom. The topological polar surface area (TPSA) is 223 Å². The minimum atomic E-state index is -2.26. The fourth-order valence-electron chi connectivity index (χ4n) is 11.2. The number of fused-ring (bicyclic) bond motifs is 2. The smallest absolute Gasteiger partial charge is 0.410 e. The summed E-state index contributed by atoms with van der Waals surface area (Å²) in [6, 6.07) is 6.87. The zero-order valence-electron chi connectivity index (χ0n) is 37.7. The molecule has 1 saturated heterocycles. The van der Waals surface area contributed by atoms with Crippen molar-refractivity contribution < 1.29 is 72.1 Å².